The minimum Gasteiger partial charge on any atom is -0.460 e. The number of likely N-dealkylation sites (N-methyl/N-ethyl adjacent to an activating group) is 1. The molecule has 2 fully saturated rings. The third-order valence-electron chi connectivity index (χ3n) is 8.58. The largest absolute Gasteiger partial charge is 0.460 e. The number of ether oxygens (including phenoxy) is 4. The smallest absolute Gasteiger partial charge is 0.459 e. The number of likely N-dealkylation sites (tertiary alicyclic amines) is 1. The highest BCUT2D eigenvalue weighted by Crippen LogP contribution is 2.50. The Morgan fingerprint density at radius 2 is 1.75 bits per heavy atom. The van der Waals surface area contributed by atoms with E-state index < -0.39 is 74.1 Å². The van der Waals surface area contributed by atoms with E-state index in [1.54, 1.807) is 58.0 Å². The van der Waals surface area contributed by atoms with Crippen LogP contribution in [0.3, 0.4) is 0 Å². The fraction of sp³-hybridized carbons (Fsp3) is 0.529. The average Bonchev–Trinajstić information content (AvgIpc) is 3.80. The molecular weight excluding hydrogens is 697 g/mol. The standard InChI is InChI=1S/C34H44N7O10P/c1-20(2)31(42)48-28-27(25-12-13-26-30(36)37-19-38-41(25)26)50-34(17-35,29(28)49-32(43)21(3)4)18-46-52(45,51-23-10-8-7-9-11-23)39-22(5)33(44)47-24-14-15-40(6)16-24/h7-13,19-22,24,27-29H,14-16,18H2,1-6H3,(H,39,45)(H2,36,37,38)/t22-,24-,27-,28-,29-,34+,52?/m0/s1. The minimum atomic E-state index is -4.57. The maximum atomic E-state index is 14.5. The second-order valence-corrected chi connectivity index (χ2v) is 15.1. The molecule has 2 aromatic heterocycles. The summed E-state index contributed by atoms with van der Waals surface area (Å²) in [6.07, 6.45) is -2.81. The molecule has 0 saturated carbocycles. The van der Waals surface area contributed by atoms with Crippen molar-refractivity contribution in [2.75, 3.05) is 32.5 Å². The number of esters is 3. The van der Waals surface area contributed by atoms with Crippen LogP contribution in [0.25, 0.3) is 5.52 Å². The maximum Gasteiger partial charge on any atom is 0.459 e. The van der Waals surface area contributed by atoms with Crippen molar-refractivity contribution in [3.63, 3.8) is 0 Å². The van der Waals surface area contributed by atoms with E-state index in [0.717, 1.165) is 6.54 Å². The highest BCUT2D eigenvalue weighted by atomic mass is 31.2. The highest BCUT2D eigenvalue weighted by Gasteiger charge is 2.62. The molecule has 17 nitrogen and oxygen atoms in total. The van der Waals surface area contributed by atoms with Crippen LogP contribution < -0.4 is 15.3 Å². The van der Waals surface area contributed by atoms with E-state index in [4.69, 9.17) is 33.7 Å². The fourth-order valence-corrected chi connectivity index (χ4v) is 7.22. The van der Waals surface area contributed by atoms with E-state index in [1.807, 2.05) is 18.0 Å². The normalized spacial score (nSPS) is 25.1. The number of carbonyl (C=O) groups is 3. The number of hydrogen-bond acceptors (Lipinski definition) is 15. The highest BCUT2D eigenvalue weighted by molar-refractivity contribution is 7.52. The van der Waals surface area contributed by atoms with Gasteiger partial charge in [-0.3, -0.25) is 18.9 Å². The van der Waals surface area contributed by atoms with Gasteiger partial charge in [0.05, 0.1) is 17.5 Å². The van der Waals surface area contributed by atoms with Gasteiger partial charge in [0, 0.05) is 13.1 Å². The van der Waals surface area contributed by atoms with Gasteiger partial charge in [0.15, 0.2) is 18.0 Å². The van der Waals surface area contributed by atoms with Gasteiger partial charge in [-0.15, -0.1) is 0 Å². The predicted molar refractivity (Wildman–Crippen MR) is 184 cm³/mol. The summed E-state index contributed by atoms with van der Waals surface area (Å²) in [5.41, 5.74) is 4.50. The molecular formula is C34H44N7O10P. The Labute approximate surface area is 301 Å². The molecule has 280 valence electrons. The molecule has 7 atom stereocenters. The first-order valence-electron chi connectivity index (χ1n) is 16.9. The van der Waals surface area contributed by atoms with Gasteiger partial charge in [0.2, 0.25) is 5.60 Å². The number of fused-ring (bicyclic) bond motifs is 1. The van der Waals surface area contributed by atoms with Crippen LogP contribution in [0, 0.1) is 23.2 Å². The van der Waals surface area contributed by atoms with Crippen molar-refractivity contribution < 1.29 is 46.9 Å². The number of anilines is 1. The van der Waals surface area contributed by atoms with Gasteiger partial charge in [0.1, 0.15) is 48.5 Å². The molecule has 3 aromatic rings. The van der Waals surface area contributed by atoms with E-state index in [1.165, 1.54) is 29.9 Å². The minimum absolute atomic E-state index is 0.121. The monoisotopic (exact) mass is 741 g/mol. The summed E-state index contributed by atoms with van der Waals surface area (Å²) in [4.78, 5) is 45.5. The number of benzene rings is 1. The lowest BCUT2D eigenvalue weighted by molar-refractivity contribution is -0.173. The first-order chi connectivity index (χ1) is 24.6. The van der Waals surface area contributed by atoms with Gasteiger partial charge in [-0.1, -0.05) is 45.9 Å². The summed E-state index contributed by atoms with van der Waals surface area (Å²) in [5, 5.41) is 17.7. The number of nitrogen functional groups attached to an aromatic ring is 1. The number of carbonyl (C=O) groups excluding carboxylic acids is 3. The summed E-state index contributed by atoms with van der Waals surface area (Å²) in [6.45, 7) is 8.30. The maximum absolute atomic E-state index is 14.5. The van der Waals surface area contributed by atoms with Crippen molar-refractivity contribution in [3.05, 3.63) is 54.5 Å². The summed E-state index contributed by atoms with van der Waals surface area (Å²) in [5.74, 6) is -3.12. The number of nitrogens with zero attached hydrogens (tertiary/aromatic N) is 5. The lowest BCUT2D eigenvalue weighted by atomic mass is 9.95. The Bertz CT molecular complexity index is 1850. The van der Waals surface area contributed by atoms with Crippen LogP contribution in [0.5, 0.6) is 5.75 Å². The first kappa shape index (κ1) is 38.6. The summed E-state index contributed by atoms with van der Waals surface area (Å²) < 4.78 is 51.5. The Morgan fingerprint density at radius 3 is 2.38 bits per heavy atom. The second kappa shape index (κ2) is 16.0. The number of nitrogens with one attached hydrogen (secondary N) is 1. The van der Waals surface area contributed by atoms with Crippen molar-refractivity contribution in [2.45, 2.75) is 77.1 Å². The van der Waals surface area contributed by atoms with Crippen molar-refractivity contribution >= 4 is 37.0 Å². The zero-order chi connectivity index (χ0) is 37.8. The van der Waals surface area contributed by atoms with Gasteiger partial charge in [0.25, 0.3) is 0 Å². The molecule has 4 heterocycles. The summed E-state index contributed by atoms with van der Waals surface area (Å²) in [7, 11) is -2.66. The van der Waals surface area contributed by atoms with E-state index in [2.05, 4.69) is 15.2 Å². The molecule has 0 radical (unpaired) electrons. The van der Waals surface area contributed by atoms with Crippen LogP contribution in [-0.4, -0.2) is 94.1 Å². The number of nitriles is 1. The number of para-hydroxylation sites is 1. The molecule has 18 heteroatoms. The van der Waals surface area contributed by atoms with Gasteiger partial charge >= 0.3 is 25.7 Å². The third-order valence-corrected chi connectivity index (χ3v) is 10.2. The van der Waals surface area contributed by atoms with E-state index >= 15 is 0 Å². The topological polar surface area (TPSA) is 219 Å². The van der Waals surface area contributed by atoms with Crippen molar-refractivity contribution in [3.8, 4) is 11.8 Å². The van der Waals surface area contributed by atoms with Crippen LogP contribution in [0.1, 0.15) is 52.8 Å². The van der Waals surface area contributed by atoms with Gasteiger partial charge in [-0.2, -0.15) is 15.4 Å². The number of aromatic nitrogens is 3. The Morgan fingerprint density at radius 1 is 1.06 bits per heavy atom. The van der Waals surface area contributed by atoms with Crippen LogP contribution in [0.4, 0.5) is 5.82 Å². The average molecular weight is 742 g/mol. The van der Waals surface area contributed by atoms with Gasteiger partial charge in [-0.25, -0.2) is 14.1 Å². The van der Waals surface area contributed by atoms with Gasteiger partial charge < -0.3 is 34.1 Å². The number of rotatable bonds is 14. The van der Waals surface area contributed by atoms with Crippen molar-refractivity contribution in [1.82, 2.24) is 24.6 Å². The molecule has 0 bridgehead atoms. The number of nitrogens with two attached hydrogens (primary N) is 1. The van der Waals surface area contributed by atoms with Crippen molar-refractivity contribution in [1.29, 1.82) is 5.26 Å². The van der Waals surface area contributed by atoms with Crippen LogP contribution >= 0.6 is 7.75 Å². The lowest BCUT2D eigenvalue weighted by Gasteiger charge is -2.31. The Kier molecular flexibility index (Phi) is 11.9. The molecule has 2 saturated heterocycles. The quantitative estimate of drug-likeness (QED) is 0.138. The predicted octanol–water partition coefficient (Wildman–Crippen LogP) is 3.21. The Hall–Kier alpha value is -4.59. The van der Waals surface area contributed by atoms with Crippen LogP contribution in [0.2, 0.25) is 0 Å². The number of hydrogen-bond donors (Lipinski definition) is 2. The molecule has 1 unspecified atom stereocenters. The van der Waals surface area contributed by atoms with E-state index in [0.29, 0.717) is 18.5 Å². The molecule has 52 heavy (non-hydrogen) atoms. The molecule has 1 aromatic carbocycles. The molecule has 5 rings (SSSR count). The van der Waals surface area contributed by atoms with Gasteiger partial charge in [-0.05, 0) is 44.7 Å². The molecule has 3 N–H and O–H groups in total. The molecule has 0 spiro atoms. The molecule has 0 aliphatic carbocycles. The first-order valence-corrected chi connectivity index (χ1v) is 18.4. The molecule has 2 aliphatic heterocycles. The zero-order valence-electron chi connectivity index (χ0n) is 29.8. The SMILES string of the molecule is CC(C)C(=O)O[C@H]1[C@H](c2ccc3c(N)ncnn23)O[C@](C#N)(COP(=O)(N[C@@H](C)C(=O)O[C@H]2CCN(C)C2)Oc2ccccc2)[C@H]1OC(=O)C(C)C. The fourth-order valence-electron chi connectivity index (χ4n) is 5.70. The van der Waals surface area contributed by atoms with Crippen LogP contribution in [0.15, 0.2) is 48.8 Å². The molecule has 0 amide bonds. The summed E-state index contributed by atoms with van der Waals surface area (Å²) >= 11 is 0. The van der Waals surface area contributed by atoms with E-state index in [9.17, 15) is 24.2 Å². The lowest BCUT2D eigenvalue weighted by Crippen LogP contribution is -2.50. The molecule has 2 aliphatic rings. The van der Waals surface area contributed by atoms with Crippen LogP contribution in [-0.2, 0) is 42.4 Å². The zero-order valence-corrected chi connectivity index (χ0v) is 30.7. The van der Waals surface area contributed by atoms with Crippen molar-refractivity contribution in [2.24, 2.45) is 11.8 Å². The van der Waals surface area contributed by atoms with E-state index in [-0.39, 0.29) is 23.4 Å². The third kappa shape index (κ3) is 8.54. The Balaban J connectivity index is 1.52. The second-order valence-electron chi connectivity index (χ2n) is 13.4. The summed E-state index contributed by atoms with van der Waals surface area (Å²) in [6, 6.07) is 12.1.